The molecule has 0 unspecified atom stereocenters. The summed E-state index contributed by atoms with van der Waals surface area (Å²) in [7, 11) is 0. The second kappa shape index (κ2) is 5.71. The minimum Gasteiger partial charge on any atom is -0.409 e. The Balaban J connectivity index is 2.54. The van der Waals surface area contributed by atoms with Crippen LogP contribution in [-0.4, -0.2) is 17.6 Å². The Morgan fingerprint density at radius 1 is 1.50 bits per heavy atom. The van der Waals surface area contributed by atoms with Gasteiger partial charge in [-0.25, -0.2) is 4.39 Å². The molecule has 0 saturated heterocycles. The Kier molecular flexibility index (Phi) is 4.53. The molecule has 0 aromatic heterocycles. The minimum atomic E-state index is -0.398. The molecule has 4 nitrogen and oxygen atoms in total. The van der Waals surface area contributed by atoms with Gasteiger partial charge in [-0.1, -0.05) is 25.1 Å². The third kappa shape index (κ3) is 3.61. The average Bonchev–Trinajstić information content (AvgIpc) is 2.32. The minimum absolute atomic E-state index is 0.194. The zero-order valence-electron chi connectivity index (χ0n) is 11.0. The Morgan fingerprint density at radius 2 is 2.17 bits per heavy atom. The summed E-state index contributed by atoms with van der Waals surface area (Å²) in [5, 5.41) is 14.8. The van der Waals surface area contributed by atoms with Crippen molar-refractivity contribution in [1.29, 1.82) is 0 Å². The van der Waals surface area contributed by atoms with Crippen LogP contribution in [0.3, 0.4) is 0 Å². The van der Waals surface area contributed by atoms with Crippen molar-refractivity contribution in [2.75, 3.05) is 11.9 Å². The summed E-state index contributed by atoms with van der Waals surface area (Å²) in [6.07, 6.45) is 0.679. The fourth-order valence-corrected chi connectivity index (χ4v) is 1.49. The maximum atomic E-state index is 13.3. The normalized spacial score (nSPS) is 12.6. The number of nitrogens with zero attached hydrogens (tertiary/aromatic N) is 1. The number of nitrogens with two attached hydrogens (primary N) is 1. The lowest BCUT2D eigenvalue weighted by Gasteiger charge is -2.23. The summed E-state index contributed by atoms with van der Waals surface area (Å²) in [5.74, 6) is -0.0323. The first-order valence-corrected chi connectivity index (χ1v) is 5.85. The van der Waals surface area contributed by atoms with E-state index in [0.717, 1.165) is 5.69 Å². The molecule has 4 N–H and O–H groups in total. The van der Waals surface area contributed by atoms with Crippen molar-refractivity contribution in [2.45, 2.75) is 27.2 Å². The van der Waals surface area contributed by atoms with Gasteiger partial charge in [0.25, 0.3) is 0 Å². The molecular formula is C13H20FN3O. The second-order valence-electron chi connectivity index (χ2n) is 5.01. The topological polar surface area (TPSA) is 70.6 Å². The molecular weight excluding hydrogens is 233 g/mol. The monoisotopic (exact) mass is 253 g/mol. The third-order valence-corrected chi connectivity index (χ3v) is 3.05. The number of nitrogens with one attached hydrogen (secondary N) is 1. The van der Waals surface area contributed by atoms with Gasteiger partial charge in [0.1, 0.15) is 11.7 Å². The number of aryl methyl sites for hydroxylation is 1. The predicted molar refractivity (Wildman–Crippen MR) is 71.4 cm³/mol. The first-order valence-electron chi connectivity index (χ1n) is 5.85. The number of benzene rings is 1. The van der Waals surface area contributed by atoms with Gasteiger partial charge >= 0.3 is 0 Å². The lowest BCUT2D eigenvalue weighted by Crippen LogP contribution is -2.33. The Morgan fingerprint density at radius 3 is 2.72 bits per heavy atom. The molecule has 0 saturated carbocycles. The highest BCUT2D eigenvalue weighted by atomic mass is 19.1. The molecule has 5 heteroatoms. The number of hydrogen-bond acceptors (Lipinski definition) is 3. The SMILES string of the molecule is Cc1ccc(NCCC(C)(C)C(N)=NO)cc1F. The predicted octanol–water partition coefficient (Wildman–Crippen LogP) is 2.71. The first-order chi connectivity index (χ1) is 8.36. The molecule has 0 heterocycles. The number of halogens is 1. The Bertz CT molecular complexity index is 444. The van der Waals surface area contributed by atoms with Crippen LogP contribution in [0.1, 0.15) is 25.8 Å². The van der Waals surface area contributed by atoms with Crippen LogP contribution < -0.4 is 11.1 Å². The molecule has 0 aliphatic carbocycles. The highest BCUT2D eigenvalue weighted by molar-refractivity contribution is 5.85. The summed E-state index contributed by atoms with van der Waals surface area (Å²) >= 11 is 0. The quantitative estimate of drug-likeness (QED) is 0.327. The van der Waals surface area contributed by atoms with Crippen molar-refractivity contribution in [3.63, 3.8) is 0 Å². The van der Waals surface area contributed by atoms with E-state index in [1.54, 1.807) is 13.0 Å². The molecule has 18 heavy (non-hydrogen) atoms. The van der Waals surface area contributed by atoms with Crippen LogP contribution in [0.25, 0.3) is 0 Å². The van der Waals surface area contributed by atoms with Crippen LogP contribution in [0.4, 0.5) is 10.1 Å². The molecule has 0 amide bonds. The maximum Gasteiger partial charge on any atom is 0.144 e. The number of anilines is 1. The Labute approximate surface area is 107 Å². The van der Waals surface area contributed by atoms with E-state index in [-0.39, 0.29) is 11.7 Å². The molecule has 0 radical (unpaired) electrons. The van der Waals surface area contributed by atoms with Crippen molar-refractivity contribution in [2.24, 2.45) is 16.3 Å². The zero-order chi connectivity index (χ0) is 13.8. The fraction of sp³-hybridized carbons (Fsp3) is 0.462. The van der Waals surface area contributed by atoms with Crippen LogP contribution in [0.2, 0.25) is 0 Å². The summed E-state index contributed by atoms with van der Waals surface area (Å²) in [6, 6.07) is 5.02. The van der Waals surface area contributed by atoms with E-state index in [4.69, 9.17) is 10.9 Å². The second-order valence-corrected chi connectivity index (χ2v) is 5.01. The van der Waals surface area contributed by atoms with Crippen LogP contribution >= 0.6 is 0 Å². The lowest BCUT2D eigenvalue weighted by molar-refractivity contribution is 0.306. The lowest BCUT2D eigenvalue weighted by atomic mass is 9.88. The van der Waals surface area contributed by atoms with E-state index in [2.05, 4.69) is 10.5 Å². The van der Waals surface area contributed by atoms with Crippen LogP contribution in [-0.2, 0) is 0 Å². The van der Waals surface area contributed by atoms with Gasteiger partial charge in [0, 0.05) is 17.6 Å². The van der Waals surface area contributed by atoms with Crippen molar-refractivity contribution >= 4 is 11.5 Å². The summed E-state index contributed by atoms with van der Waals surface area (Å²) in [4.78, 5) is 0. The number of amidine groups is 1. The first kappa shape index (κ1) is 14.3. The molecule has 0 atom stereocenters. The molecule has 0 bridgehead atoms. The van der Waals surface area contributed by atoms with Crippen molar-refractivity contribution in [3.8, 4) is 0 Å². The molecule has 0 spiro atoms. The zero-order valence-corrected chi connectivity index (χ0v) is 11.0. The van der Waals surface area contributed by atoms with E-state index in [9.17, 15) is 4.39 Å². The summed E-state index contributed by atoms with van der Waals surface area (Å²) in [6.45, 7) is 6.12. The van der Waals surface area contributed by atoms with Gasteiger partial charge in [-0.05, 0) is 31.0 Å². The van der Waals surface area contributed by atoms with Gasteiger partial charge in [0.05, 0.1) is 0 Å². The molecule has 0 aliphatic rings. The van der Waals surface area contributed by atoms with Gasteiger partial charge in [-0.3, -0.25) is 0 Å². The van der Waals surface area contributed by atoms with E-state index < -0.39 is 5.41 Å². The Hall–Kier alpha value is -1.78. The van der Waals surface area contributed by atoms with Gasteiger partial charge in [-0.15, -0.1) is 0 Å². The molecule has 0 fully saturated rings. The van der Waals surface area contributed by atoms with Crippen molar-refractivity contribution in [1.82, 2.24) is 0 Å². The van der Waals surface area contributed by atoms with E-state index in [0.29, 0.717) is 18.5 Å². The molecule has 1 rings (SSSR count). The van der Waals surface area contributed by atoms with Crippen LogP contribution in [0.5, 0.6) is 0 Å². The number of rotatable bonds is 5. The van der Waals surface area contributed by atoms with E-state index >= 15 is 0 Å². The van der Waals surface area contributed by atoms with Crippen LogP contribution in [0, 0.1) is 18.2 Å². The van der Waals surface area contributed by atoms with Gasteiger partial charge in [0.2, 0.25) is 0 Å². The summed E-state index contributed by atoms with van der Waals surface area (Å²) < 4.78 is 13.3. The standard InChI is InChI=1S/C13H20FN3O/c1-9-4-5-10(8-11(9)14)16-7-6-13(2,3)12(15)17-18/h4-5,8,16,18H,6-7H2,1-3H3,(H2,15,17). The number of oxime groups is 1. The maximum absolute atomic E-state index is 13.3. The van der Waals surface area contributed by atoms with Crippen LogP contribution in [0.15, 0.2) is 23.4 Å². The average molecular weight is 253 g/mol. The smallest absolute Gasteiger partial charge is 0.144 e. The largest absolute Gasteiger partial charge is 0.409 e. The van der Waals surface area contributed by atoms with Gasteiger partial charge < -0.3 is 16.3 Å². The molecule has 1 aromatic rings. The highest BCUT2D eigenvalue weighted by Crippen LogP contribution is 2.21. The van der Waals surface area contributed by atoms with Gasteiger partial charge in [0.15, 0.2) is 0 Å². The van der Waals surface area contributed by atoms with E-state index in [1.165, 1.54) is 6.07 Å². The van der Waals surface area contributed by atoms with Gasteiger partial charge in [-0.2, -0.15) is 0 Å². The van der Waals surface area contributed by atoms with E-state index in [1.807, 2.05) is 19.9 Å². The summed E-state index contributed by atoms with van der Waals surface area (Å²) in [5.41, 5.74) is 6.54. The number of hydrogen-bond donors (Lipinski definition) is 3. The molecule has 0 aliphatic heterocycles. The highest BCUT2D eigenvalue weighted by Gasteiger charge is 2.22. The van der Waals surface area contributed by atoms with Crippen molar-refractivity contribution < 1.29 is 9.60 Å². The van der Waals surface area contributed by atoms with Crippen molar-refractivity contribution in [3.05, 3.63) is 29.6 Å². The molecule has 100 valence electrons. The molecule has 1 aromatic carbocycles. The fourth-order valence-electron chi connectivity index (χ4n) is 1.49. The third-order valence-electron chi connectivity index (χ3n) is 3.05.